The smallest absolute Gasteiger partial charge is 0.0818 e. The van der Waals surface area contributed by atoms with Crippen molar-refractivity contribution in [3.8, 4) is 0 Å². The largest absolute Gasteiger partial charge is 0.376 e. The van der Waals surface area contributed by atoms with Crippen molar-refractivity contribution >= 4 is 17.2 Å². The van der Waals surface area contributed by atoms with Crippen molar-refractivity contribution in [1.29, 1.82) is 0 Å². The first-order chi connectivity index (χ1) is 16.6. The first kappa shape index (κ1) is 22.7. The van der Waals surface area contributed by atoms with Gasteiger partial charge >= 0.3 is 0 Å². The van der Waals surface area contributed by atoms with Gasteiger partial charge < -0.3 is 11.1 Å². The van der Waals surface area contributed by atoms with Crippen LogP contribution in [0.4, 0.5) is 0 Å². The third-order valence-corrected chi connectivity index (χ3v) is 10.7. The summed E-state index contributed by atoms with van der Waals surface area (Å²) in [6, 6.07) is 23.2. The van der Waals surface area contributed by atoms with E-state index in [1.54, 1.807) is 5.56 Å². The second-order valence-electron chi connectivity index (χ2n) is 12.2. The first-order valence-corrected chi connectivity index (χ1v) is 14.1. The Morgan fingerprint density at radius 2 is 1.47 bits per heavy atom. The number of rotatable bonds is 6. The van der Waals surface area contributed by atoms with Crippen LogP contribution in [-0.4, -0.2) is 17.6 Å². The van der Waals surface area contributed by atoms with Gasteiger partial charge in [-0.1, -0.05) is 72.9 Å². The summed E-state index contributed by atoms with van der Waals surface area (Å²) >= 11 is 6.32. The zero-order valence-corrected chi connectivity index (χ0v) is 21.2. The van der Waals surface area contributed by atoms with Gasteiger partial charge in [-0.2, -0.15) is 0 Å². The van der Waals surface area contributed by atoms with Crippen LogP contribution in [-0.2, 0) is 11.8 Å². The average Bonchev–Trinajstić information content (AvgIpc) is 2.87. The molecule has 5 aliphatic rings. The molecule has 4 bridgehead atoms. The molecule has 2 aromatic rings. The number of thiocarbonyl (C=S) groups is 1. The lowest BCUT2D eigenvalue weighted by Gasteiger charge is -2.65. The molecule has 180 valence electrons. The summed E-state index contributed by atoms with van der Waals surface area (Å²) in [5.41, 5.74) is 9.52. The predicted molar refractivity (Wildman–Crippen MR) is 145 cm³/mol. The SMILES string of the molecule is NCC1CCC(NC(=S)C23CC4CC(c5ccccc5)(CC(C2)C4Cc2ccccc2)C3)CC1. The van der Waals surface area contributed by atoms with Gasteiger partial charge in [0.2, 0.25) is 0 Å². The maximum absolute atomic E-state index is 6.32. The van der Waals surface area contributed by atoms with Crippen LogP contribution in [0, 0.1) is 29.1 Å². The van der Waals surface area contributed by atoms with E-state index >= 15 is 0 Å². The number of nitrogens with one attached hydrogen (secondary N) is 1. The number of nitrogens with two attached hydrogens (primary N) is 1. The lowest BCUT2D eigenvalue weighted by molar-refractivity contribution is -0.0811. The molecule has 3 heteroatoms. The first-order valence-electron chi connectivity index (χ1n) is 13.7. The summed E-state index contributed by atoms with van der Waals surface area (Å²) in [5.74, 6) is 3.06. The van der Waals surface area contributed by atoms with E-state index in [4.69, 9.17) is 18.0 Å². The molecule has 2 aromatic carbocycles. The standard InChI is InChI=1S/C31H40N2S/c32-20-23-11-13-27(14-12-23)33-29(34)31-18-24-16-30(21-31,26-9-5-2-6-10-26)17-25(19-31)28(24)15-22-7-3-1-4-8-22/h1-10,23-25,27-28H,11-21,32H2,(H,33,34). The predicted octanol–water partition coefficient (Wildman–Crippen LogP) is 6.43. The van der Waals surface area contributed by atoms with Crippen LogP contribution in [0.15, 0.2) is 60.7 Å². The highest BCUT2D eigenvalue weighted by Gasteiger charge is 2.62. The third-order valence-electron chi connectivity index (χ3n) is 10.2. The third kappa shape index (κ3) is 4.03. The summed E-state index contributed by atoms with van der Waals surface area (Å²) in [7, 11) is 0. The van der Waals surface area contributed by atoms with Gasteiger partial charge in [-0.05, 0) is 111 Å². The van der Waals surface area contributed by atoms with Gasteiger partial charge in [0.1, 0.15) is 0 Å². The fraction of sp³-hybridized carbons (Fsp3) is 0.581. The van der Waals surface area contributed by atoms with Gasteiger partial charge in [-0.15, -0.1) is 0 Å². The molecule has 5 aliphatic carbocycles. The minimum Gasteiger partial charge on any atom is -0.376 e. The molecule has 0 aromatic heterocycles. The minimum absolute atomic E-state index is 0.189. The Labute approximate surface area is 211 Å². The quantitative estimate of drug-likeness (QED) is 0.476. The molecule has 3 N–H and O–H groups in total. The van der Waals surface area contributed by atoms with E-state index in [1.807, 2.05) is 0 Å². The van der Waals surface area contributed by atoms with Gasteiger partial charge in [-0.25, -0.2) is 0 Å². The van der Waals surface area contributed by atoms with E-state index in [9.17, 15) is 0 Å². The maximum atomic E-state index is 6.32. The van der Waals surface area contributed by atoms with Gasteiger partial charge in [0.15, 0.2) is 0 Å². The second-order valence-corrected chi connectivity index (χ2v) is 12.6. The van der Waals surface area contributed by atoms with E-state index in [2.05, 4.69) is 66.0 Å². The van der Waals surface area contributed by atoms with Crippen molar-refractivity contribution in [2.24, 2.45) is 34.8 Å². The Morgan fingerprint density at radius 1 is 0.853 bits per heavy atom. The number of benzene rings is 2. The van der Waals surface area contributed by atoms with E-state index < -0.39 is 0 Å². The Balaban J connectivity index is 1.26. The van der Waals surface area contributed by atoms with Crippen molar-refractivity contribution in [3.63, 3.8) is 0 Å². The van der Waals surface area contributed by atoms with Crippen molar-refractivity contribution in [3.05, 3.63) is 71.8 Å². The minimum atomic E-state index is 0.189. The summed E-state index contributed by atoms with van der Waals surface area (Å²) in [4.78, 5) is 1.21. The van der Waals surface area contributed by atoms with Crippen molar-refractivity contribution in [2.45, 2.75) is 75.7 Å². The van der Waals surface area contributed by atoms with Gasteiger partial charge in [0, 0.05) is 11.5 Å². The molecule has 0 spiro atoms. The van der Waals surface area contributed by atoms with Gasteiger partial charge in [0.05, 0.1) is 4.99 Å². The lowest BCUT2D eigenvalue weighted by Crippen LogP contribution is -2.62. The van der Waals surface area contributed by atoms with E-state index in [0.29, 0.717) is 17.4 Å². The van der Waals surface area contributed by atoms with Crippen LogP contribution in [0.5, 0.6) is 0 Å². The Morgan fingerprint density at radius 3 is 2.09 bits per heavy atom. The van der Waals surface area contributed by atoms with Gasteiger partial charge in [-0.3, -0.25) is 0 Å². The Bertz CT molecular complexity index is 979. The molecule has 5 saturated carbocycles. The van der Waals surface area contributed by atoms with Crippen LogP contribution in [0.3, 0.4) is 0 Å². The molecule has 34 heavy (non-hydrogen) atoms. The zero-order valence-electron chi connectivity index (χ0n) is 20.4. The molecule has 0 amide bonds. The summed E-state index contributed by atoms with van der Waals surface area (Å²) in [5, 5.41) is 3.94. The molecule has 0 saturated heterocycles. The molecule has 5 fully saturated rings. The van der Waals surface area contributed by atoms with Crippen LogP contribution in [0.1, 0.15) is 68.9 Å². The molecule has 0 aliphatic heterocycles. The summed E-state index contributed by atoms with van der Waals surface area (Å²) < 4.78 is 0. The molecule has 0 heterocycles. The zero-order chi connectivity index (χ0) is 23.2. The Hall–Kier alpha value is -1.71. The highest BCUT2D eigenvalue weighted by molar-refractivity contribution is 7.80. The fourth-order valence-corrected chi connectivity index (χ4v) is 9.15. The molecular formula is C31H40N2S. The van der Waals surface area contributed by atoms with Crippen LogP contribution >= 0.6 is 12.2 Å². The van der Waals surface area contributed by atoms with Crippen molar-refractivity contribution < 1.29 is 0 Å². The number of hydrogen-bond acceptors (Lipinski definition) is 2. The molecule has 2 nitrogen and oxygen atoms in total. The second kappa shape index (κ2) is 9.06. The normalized spacial score (nSPS) is 38.6. The maximum Gasteiger partial charge on any atom is 0.0818 e. The van der Waals surface area contributed by atoms with Crippen molar-refractivity contribution in [2.75, 3.05) is 6.54 Å². The van der Waals surface area contributed by atoms with Crippen LogP contribution < -0.4 is 11.1 Å². The molecule has 2 unspecified atom stereocenters. The lowest BCUT2D eigenvalue weighted by atomic mass is 9.39. The van der Waals surface area contributed by atoms with Crippen LogP contribution in [0.2, 0.25) is 0 Å². The van der Waals surface area contributed by atoms with E-state index in [1.165, 1.54) is 74.8 Å². The van der Waals surface area contributed by atoms with E-state index in [-0.39, 0.29) is 5.41 Å². The average molecular weight is 473 g/mol. The summed E-state index contributed by atoms with van der Waals surface area (Å²) in [6.45, 7) is 0.840. The van der Waals surface area contributed by atoms with E-state index in [0.717, 1.165) is 24.3 Å². The van der Waals surface area contributed by atoms with Crippen molar-refractivity contribution in [1.82, 2.24) is 5.32 Å². The molecule has 0 radical (unpaired) electrons. The monoisotopic (exact) mass is 472 g/mol. The topological polar surface area (TPSA) is 38.0 Å². The highest BCUT2D eigenvalue weighted by atomic mass is 32.1. The highest BCUT2D eigenvalue weighted by Crippen LogP contribution is 2.68. The summed E-state index contributed by atoms with van der Waals surface area (Å²) in [6.07, 6.45) is 12.7. The fourth-order valence-electron chi connectivity index (χ4n) is 8.74. The molecule has 2 atom stereocenters. The van der Waals surface area contributed by atoms with Gasteiger partial charge in [0.25, 0.3) is 0 Å². The molecule has 7 rings (SSSR count). The van der Waals surface area contributed by atoms with Crippen LogP contribution in [0.25, 0.3) is 0 Å². The molecular weight excluding hydrogens is 432 g/mol. The number of hydrogen-bond donors (Lipinski definition) is 2. The Kier molecular flexibility index (Phi) is 6.06.